The summed E-state index contributed by atoms with van der Waals surface area (Å²) in [5.74, 6) is -0.0590. The Balaban J connectivity index is 2.47. The van der Waals surface area contributed by atoms with Crippen molar-refractivity contribution in [1.82, 2.24) is 9.29 Å². The second kappa shape index (κ2) is 8.77. The Hall–Kier alpha value is -2.45. The van der Waals surface area contributed by atoms with Crippen molar-refractivity contribution in [3.63, 3.8) is 0 Å². The zero-order valence-electron chi connectivity index (χ0n) is 15.0. The van der Waals surface area contributed by atoms with Gasteiger partial charge in [0.15, 0.2) is 0 Å². The molecule has 0 aliphatic carbocycles. The zero-order valence-corrected chi connectivity index (χ0v) is 15.8. The van der Waals surface area contributed by atoms with Crippen molar-refractivity contribution in [2.45, 2.75) is 30.8 Å². The van der Waals surface area contributed by atoms with E-state index in [4.69, 9.17) is 9.47 Å². The summed E-state index contributed by atoms with van der Waals surface area (Å²) < 4.78 is 37.5. The summed E-state index contributed by atoms with van der Waals surface area (Å²) >= 11 is 0. The van der Waals surface area contributed by atoms with Gasteiger partial charge in [-0.2, -0.15) is 4.31 Å². The summed E-state index contributed by atoms with van der Waals surface area (Å²) in [6, 6.07) is 8.57. The van der Waals surface area contributed by atoms with Gasteiger partial charge in [-0.3, -0.25) is 9.78 Å². The van der Waals surface area contributed by atoms with Crippen LogP contribution in [-0.2, 0) is 26.1 Å². The molecule has 8 heteroatoms. The Morgan fingerprint density at radius 1 is 1.19 bits per heavy atom. The molecular weight excluding hydrogens is 356 g/mol. The van der Waals surface area contributed by atoms with E-state index in [-0.39, 0.29) is 17.9 Å². The van der Waals surface area contributed by atoms with Crippen LogP contribution in [0.1, 0.15) is 18.9 Å². The van der Waals surface area contributed by atoms with Crippen LogP contribution in [0.15, 0.2) is 53.7 Å². The number of hydrogen-bond donors (Lipinski definition) is 0. The second-order valence-electron chi connectivity index (χ2n) is 5.53. The number of benzene rings is 1. The van der Waals surface area contributed by atoms with Crippen LogP contribution >= 0.6 is 0 Å². The molecule has 7 nitrogen and oxygen atoms in total. The van der Waals surface area contributed by atoms with Crippen LogP contribution in [0.2, 0.25) is 0 Å². The molecule has 0 bridgehead atoms. The predicted octanol–water partition coefficient (Wildman–Crippen LogP) is 2.23. The zero-order chi connectivity index (χ0) is 19.2. The lowest BCUT2D eigenvalue weighted by molar-refractivity contribution is -0.145. The average Bonchev–Trinajstić information content (AvgIpc) is 2.68. The standard InChI is InChI=1S/C18H22N2O5S/c1-4-17(18(21)25-3)20(13-14-6-5-11-19-12-14)26(22,23)16-9-7-15(24-2)8-10-16/h5-12,17H,4,13H2,1-3H3/t17-/m0/s1. The Kier molecular flexibility index (Phi) is 6.70. The van der Waals surface area contributed by atoms with Crippen LogP contribution < -0.4 is 4.74 Å². The number of carbonyl (C=O) groups is 1. The maximum absolute atomic E-state index is 13.2. The van der Waals surface area contributed by atoms with Crippen LogP contribution in [0.5, 0.6) is 5.75 Å². The predicted molar refractivity (Wildman–Crippen MR) is 96.1 cm³/mol. The lowest BCUT2D eigenvalue weighted by atomic mass is 10.2. The molecule has 2 aromatic rings. The van der Waals surface area contributed by atoms with Crippen molar-refractivity contribution in [1.29, 1.82) is 0 Å². The van der Waals surface area contributed by atoms with Gasteiger partial charge in [0.25, 0.3) is 0 Å². The molecule has 0 N–H and O–H groups in total. The number of aromatic nitrogens is 1. The summed E-state index contributed by atoms with van der Waals surface area (Å²) in [6.45, 7) is 1.75. The minimum Gasteiger partial charge on any atom is -0.497 e. The molecule has 1 aromatic carbocycles. The van der Waals surface area contributed by atoms with Gasteiger partial charge in [0.2, 0.25) is 10.0 Å². The average molecular weight is 378 g/mol. The van der Waals surface area contributed by atoms with Gasteiger partial charge in [0.05, 0.1) is 19.1 Å². The van der Waals surface area contributed by atoms with E-state index in [0.29, 0.717) is 11.3 Å². The number of esters is 1. The molecule has 0 aliphatic rings. The van der Waals surface area contributed by atoms with Gasteiger partial charge in [-0.25, -0.2) is 8.42 Å². The fourth-order valence-electron chi connectivity index (χ4n) is 2.54. The first kappa shape index (κ1) is 19.9. The maximum atomic E-state index is 13.2. The highest BCUT2D eigenvalue weighted by atomic mass is 32.2. The molecule has 0 unspecified atom stereocenters. The molecule has 1 heterocycles. The summed E-state index contributed by atoms with van der Waals surface area (Å²) in [6.07, 6.45) is 3.45. The van der Waals surface area contributed by atoms with E-state index >= 15 is 0 Å². The molecule has 1 aromatic heterocycles. The highest BCUT2D eigenvalue weighted by molar-refractivity contribution is 7.89. The molecule has 140 valence electrons. The third-order valence-corrected chi connectivity index (χ3v) is 5.80. The molecule has 0 spiro atoms. The van der Waals surface area contributed by atoms with Crippen molar-refractivity contribution in [2.75, 3.05) is 14.2 Å². The third kappa shape index (κ3) is 4.39. The highest BCUT2D eigenvalue weighted by Gasteiger charge is 2.35. The minimum atomic E-state index is -3.94. The molecule has 1 atom stereocenters. The van der Waals surface area contributed by atoms with Crippen molar-refractivity contribution >= 4 is 16.0 Å². The van der Waals surface area contributed by atoms with Gasteiger partial charge in [0.1, 0.15) is 11.8 Å². The Labute approximate surface area is 153 Å². The maximum Gasteiger partial charge on any atom is 0.324 e. The van der Waals surface area contributed by atoms with Crippen LogP contribution in [0, 0.1) is 0 Å². The van der Waals surface area contributed by atoms with E-state index in [1.165, 1.54) is 26.4 Å². The number of hydrogen-bond acceptors (Lipinski definition) is 6. The number of rotatable bonds is 8. The normalized spacial score (nSPS) is 12.6. The SMILES string of the molecule is CC[C@@H](C(=O)OC)N(Cc1cccnc1)S(=O)(=O)c1ccc(OC)cc1. The minimum absolute atomic E-state index is 0.00973. The van der Waals surface area contributed by atoms with Crippen molar-refractivity contribution in [3.05, 3.63) is 54.4 Å². The van der Waals surface area contributed by atoms with Crippen LogP contribution in [0.3, 0.4) is 0 Å². The number of ether oxygens (including phenoxy) is 2. The smallest absolute Gasteiger partial charge is 0.324 e. The van der Waals surface area contributed by atoms with Crippen LogP contribution in [0.25, 0.3) is 0 Å². The summed E-state index contributed by atoms with van der Waals surface area (Å²) in [7, 11) is -1.20. The number of nitrogens with zero attached hydrogens (tertiary/aromatic N) is 2. The summed E-state index contributed by atoms with van der Waals surface area (Å²) in [4.78, 5) is 16.3. The van der Waals surface area contributed by atoms with E-state index in [2.05, 4.69) is 4.98 Å². The largest absolute Gasteiger partial charge is 0.497 e. The third-order valence-electron chi connectivity index (χ3n) is 3.93. The van der Waals surface area contributed by atoms with E-state index in [0.717, 1.165) is 4.31 Å². The quantitative estimate of drug-likeness (QED) is 0.655. The Morgan fingerprint density at radius 3 is 2.38 bits per heavy atom. The lowest BCUT2D eigenvalue weighted by Crippen LogP contribution is -2.44. The van der Waals surface area contributed by atoms with E-state index in [9.17, 15) is 13.2 Å². The fourth-order valence-corrected chi connectivity index (χ4v) is 4.18. The fraction of sp³-hybridized carbons (Fsp3) is 0.333. The second-order valence-corrected chi connectivity index (χ2v) is 7.42. The lowest BCUT2D eigenvalue weighted by Gasteiger charge is -2.28. The molecule has 0 fully saturated rings. The molecule has 0 saturated carbocycles. The summed E-state index contributed by atoms with van der Waals surface area (Å²) in [5, 5.41) is 0. The number of sulfonamides is 1. The van der Waals surface area contributed by atoms with Gasteiger partial charge in [-0.05, 0) is 42.3 Å². The summed E-state index contributed by atoms with van der Waals surface area (Å²) in [5.41, 5.74) is 0.673. The molecule has 0 amide bonds. The van der Waals surface area contributed by atoms with Gasteiger partial charge >= 0.3 is 5.97 Å². The first-order valence-electron chi connectivity index (χ1n) is 8.06. The number of methoxy groups -OCH3 is 2. The molecular formula is C18H22N2O5S. The van der Waals surface area contributed by atoms with Crippen LogP contribution in [0.4, 0.5) is 0 Å². The number of carbonyl (C=O) groups excluding carboxylic acids is 1. The molecule has 2 rings (SSSR count). The Bertz CT molecular complexity index is 822. The molecule has 0 aliphatic heterocycles. The van der Waals surface area contributed by atoms with E-state index < -0.39 is 22.0 Å². The van der Waals surface area contributed by atoms with Crippen molar-refractivity contribution in [3.8, 4) is 5.75 Å². The highest BCUT2D eigenvalue weighted by Crippen LogP contribution is 2.24. The first-order valence-corrected chi connectivity index (χ1v) is 9.50. The van der Waals surface area contributed by atoms with E-state index in [1.54, 1.807) is 43.6 Å². The van der Waals surface area contributed by atoms with Crippen LogP contribution in [-0.4, -0.2) is 43.9 Å². The topological polar surface area (TPSA) is 85.8 Å². The van der Waals surface area contributed by atoms with E-state index in [1.807, 2.05) is 0 Å². The first-order chi connectivity index (χ1) is 12.4. The Morgan fingerprint density at radius 2 is 1.88 bits per heavy atom. The van der Waals surface area contributed by atoms with Gasteiger partial charge in [0, 0.05) is 18.9 Å². The van der Waals surface area contributed by atoms with Gasteiger partial charge in [-0.15, -0.1) is 0 Å². The van der Waals surface area contributed by atoms with Crippen molar-refractivity contribution in [2.24, 2.45) is 0 Å². The van der Waals surface area contributed by atoms with Gasteiger partial charge in [-0.1, -0.05) is 13.0 Å². The monoisotopic (exact) mass is 378 g/mol. The number of pyridine rings is 1. The molecule has 26 heavy (non-hydrogen) atoms. The molecule has 0 saturated heterocycles. The van der Waals surface area contributed by atoms with Gasteiger partial charge < -0.3 is 9.47 Å². The van der Waals surface area contributed by atoms with Crippen molar-refractivity contribution < 1.29 is 22.7 Å². The molecule has 0 radical (unpaired) electrons.